The molecule has 0 bridgehead atoms. The van der Waals surface area contributed by atoms with Gasteiger partial charge < -0.3 is 20.0 Å². The summed E-state index contributed by atoms with van der Waals surface area (Å²) in [6.45, 7) is 2.33. The quantitative estimate of drug-likeness (QED) is 0.558. The Morgan fingerprint density at radius 3 is 2.59 bits per heavy atom. The SMILES string of the molecule is O=C(NCc1ccnc(N2CCCCC2)c1)C(=Cc1ccco1)NC(=O)c1ccccc1. The van der Waals surface area contributed by atoms with Crippen LogP contribution in [0.25, 0.3) is 6.08 Å². The van der Waals surface area contributed by atoms with Crippen LogP contribution in [0.4, 0.5) is 5.82 Å². The van der Waals surface area contributed by atoms with E-state index in [1.807, 2.05) is 18.2 Å². The third kappa shape index (κ3) is 5.63. The van der Waals surface area contributed by atoms with Crippen LogP contribution in [0, 0.1) is 0 Å². The molecule has 2 amide bonds. The minimum atomic E-state index is -0.401. The van der Waals surface area contributed by atoms with Crippen molar-refractivity contribution in [2.75, 3.05) is 18.0 Å². The van der Waals surface area contributed by atoms with Crippen molar-refractivity contribution in [3.05, 3.63) is 89.6 Å². The van der Waals surface area contributed by atoms with E-state index in [9.17, 15) is 9.59 Å². The van der Waals surface area contributed by atoms with Crippen molar-refractivity contribution in [3.63, 3.8) is 0 Å². The Morgan fingerprint density at radius 1 is 1.03 bits per heavy atom. The van der Waals surface area contributed by atoms with Crippen molar-refractivity contribution in [1.82, 2.24) is 15.6 Å². The van der Waals surface area contributed by atoms with Crippen LogP contribution >= 0.6 is 0 Å². The summed E-state index contributed by atoms with van der Waals surface area (Å²) in [5, 5.41) is 5.59. The van der Waals surface area contributed by atoms with Crippen LogP contribution in [0.3, 0.4) is 0 Å². The van der Waals surface area contributed by atoms with Gasteiger partial charge in [0.15, 0.2) is 0 Å². The maximum atomic E-state index is 12.9. The first-order valence-electron chi connectivity index (χ1n) is 10.8. The van der Waals surface area contributed by atoms with Gasteiger partial charge in [-0.3, -0.25) is 9.59 Å². The molecule has 0 saturated carbocycles. The lowest BCUT2D eigenvalue weighted by atomic mass is 10.1. The summed E-state index contributed by atoms with van der Waals surface area (Å²) in [7, 11) is 0. The molecule has 7 heteroatoms. The van der Waals surface area contributed by atoms with Gasteiger partial charge in [0, 0.05) is 37.5 Å². The highest BCUT2D eigenvalue weighted by atomic mass is 16.3. The van der Waals surface area contributed by atoms with E-state index in [2.05, 4.69) is 20.5 Å². The first-order chi connectivity index (χ1) is 15.7. The predicted molar refractivity (Wildman–Crippen MR) is 123 cm³/mol. The van der Waals surface area contributed by atoms with Gasteiger partial charge in [-0.2, -0.15) is 0 Å². The molecule has 3 aromatic rings. The van der Waals surface area contributed by atoms with E-state index in [0.717, 1.165) is 24.5 Å². The van der Waals surface area contributed by atoms with Crippen molar-refractivity contribution in [2.45, 2.75) is 25.8 Å². The fraction of sp³-hybridized carbons (Fsp3) is 0.240. The second-order valence-corrected chi connectivity index (χ2v) is 7.65. The highest BCUT2D eigenvalue weighted by Gasteiger charge is 2.16. The van der Waals surface area contributed by atoms with Crippen LogP contribution in [0.5, 0.6) is 0 Å². The molecule has 1 saturated heterocycles. The number of aromatic nitrogens is 1. The summed E-state index contributed by atoms with van der Waals surface area (Å²) < 4.78 is 5.33. The summed E-state index contributed by atoms with van der Waals surface area (Å²) in [5.41, 5.74) is 1.52. The second kappa shape index (κ2) is 10.4. The number of anilines is 1. The lowest BCUT2D eigenvalue weighted by molar-refractivity contribution is -0.117. The van der Waals surface area contributed by atoms with E-state index < -0.39 is 5.91 Å². The van der Waals surface area contributed by atoms with E-state index in [-0.39, 0.29) is 11.6 Å². The molecule has 0 atom stereocenters. The minimum absolute atomic E-state index is 0.110. The minimum Gasteiger partial charge on any atom is -0.465 e. The molecule has 7 nitrogen and oxygen atoms in total. The van der Waals surface area contributed by atoms with E-state index in [0.29, 0.717) is 17.9 Å². The van der Waals surface area contributed by atoms with Gasteiger partial charge in [0.2, 0.25) is 0 Å². The average Bonchev–Trinajstić information content (AvgIpc) is 3.36. The summed E-state index contributed by atoms with van der Waals surface area (Å²) in [5.74, 6) is 0.636. The molecule has 32 heavy (non-hydrogen) atoms. The Balaban J connectivity index is 1.45. The molecule has 2 aromatic heterocycles. The number of carbonyl (C=O) groups excluding carboxylic acids is 2. The largest absolute Gasteiger partial charge is 0.465 e. The van der Waals surface area contributed by atoms with Crippen LogP contribution < -0.4 is 15.5 Å². The number of pyridine rings is 1. The summed E-state index contributed by atoms with van der Waals surface area (Å²) in [4.78, 5) is 32.3. The number of nitrogens with zero attached hydrogens (tertiary/aromatic N) is 2. The van der Waals surface area contributed by atoms with Gasteiger partial charge in [-0.25, -0.2) is 4.98 Å². The highest BCUT2D eigenvalue weighted by Crippen LogP contribution is 2.18. The third-order valence-corrected chi connectivity index (χ3v) is 5.30. The Morgan fingerprint density at radius 2 is 1.84 bits per heavy atom. The van der Waals surface area contributed by atoms with Gasteiger partial charge in [0.1, 0.15) is 17.3 Å². The monoisotopic (exact) mass is 430 g/mol. The number of benzene rings is 1. The van der Waals surface area contributed by atoms with Crippen molar-refractivity contribution in [1.29, 1.82) is 0 Å². The van der Waals surface area contributed by atoms with Crippen LogP contribution in [-0.2, 0) is 11.3 Å². The van der Waals surface area contributed by atoms with E-state index in [4.69, 9.17) is 4.42 Å². The van der Waals surface area contributed by atoms with Crippen LogP contribution in [0.1, 0.15) is 40.9 Å². The van der Waals surface area contributed by atoms with Gasteiger partial charge >= 0.3 is 0 Å². The fourth-order valence-corrected chi connectivity index (χ4v) is 3.60. The molecule has 0 unspecified atom stereocenters. The number of amides is 2. The van der Waals surface area contributed by atoms with E-state index in [1.165, 1.54) is 31.6 Å². The summed E-state index contributed by atoms with van der Waals surface area (Å²) >= 11 is 0. The van der Waals surface area contributed by atoms with Gasteiger partial charge in [0.25, 0.3) is 11.8 Å². The summed E-state index contributed by atoms with van der Waals surface area (Å²) in [6, 6.07) is 16.1. The first-order valence-corrected chi connectivity index (χ1v) is 10.8. The second-order valence-electron chi connectivity index (χ2n) is 7.65. The number of piperidine rings is 1. The predicted octanol–water partition coefficient (Wildman–Crippen LogP) is 3.75. The highest BCUT2D eigenvalue weighted by molar-refractivity contribution is 6.05. The third-order valence-electron chi connectivity index (χ3n) is 5.30. The van der Waals surface area contributed by atoms with Crippen LogP contribution in [-0.4, -0.2) is 29.9 Å². The molecule has 4 rings (SSSR count). The Hall–Kier alpha value is -3.87. The summed E-state index contributed by atoms with van der Waals surface area (Å²) in [6.07, 6.45) is 8.39. The van der Waals surface area contributed by atoms with Crippen molar-refractivity contribution >= 4 is 23.7 Å². The fourth-order valence-electron chi connectivity index (χ4n) is 3.60. The average molecular weight is 431 g/mol. The number of hydrogen-bond donors (Lipinski definition) is 2. The van der Waals surface area contributed by atoms with Gasteiger partial charge in [0.05, 0.1) is 6.26 Å². The number of hydrogen-bond acceptors (Lipinski definition) is 5. The molecule has 2 N–H and O–H groups in total. The van der Waals surface area contributed by atoms with E-state index in [1.54, 1.807) is 42.6 Å². The maximum absolute atomic E-state index is 12.9. The molecular formula is C25H26N4O3. The molecule has 0 spiro atoms. The Labute approximate surface area is 187 Å². The van der Waals surface area contributed by atoms with Gasteiger partial charge in [-0.1, -0.05) is 18.2 Å². The number of carbonyl (C=O) groups is 2. The van der Waals surface area contributed by atoms with E-state index >= 15 is 0 Å². The van der Waals surface area contributed by atoms with Crippen LogP contribution in [0.2, 0.25) is 0 Å². The molecule has 0 radical (unpaired) electrons. The molecule has 1 aliphatic rings. The molecule has 3 heterocycles. The zero-order chi connectivity index (χ0) is 22.2. The molecule has 1 aromatic carbocycles. The molecule has 164 valence electrons. The number of nitrogens with one attached hydrogen (secondary N) is 2. The first kappa shape index (κ1) is 21.4. The normalized spacial score (nSPS) is 14.1. The molecule has 1 aliphatic heterocycles. The van der Waals surface area contributed by atoms with Crippen molar-refractivity contribution in [2.24, 2.45) is 0 Å². The number of furan rings is 1. The maximum Gasteiger partial charge on any atom is 0.268 e. The van der Waals surface area contributed by atoms with Crippen molar-refractivity contribution < 1.29 is 14.0 Å². The molecule has 0 aliphatic carbocycles. The zero-order valence-corrected chi connectivity index (χ0v) is 17.8. The van der Waals surface area contributed by atoms with Gasteiger partial charge in [-0.05, 0) is 61.2 Å². The van der Waals surface area contributed by atoms with Crippen LogP contribution in [0.15, 0.2) is 77.2 Å². The Kier molecular flexibility index (Phi) is 6.97. The Bertz CT molecular complexity index is 1070. The molecule has 1 fully saturated rings. The smallest absolute Gasteiger partial charge is 0.268 e. The molecular weight excluding hydrogens is 404 g/mol. The zero-order valence-electron chi connectivity index (χ0n) is 17.8. The topological polar surface area (TPSA) is 87.5 Å². The standard InChI is InChI=1S/C25H26N4O3/c30-24(20-8-3-1-4-9-20)28-22(17-21-10-7-15-32-21)25(31)27-18-19-11-12-26-23(16-19)29-13-5-2-6-14-29/h1,3-4,7-12,15-17H,2,5-6,13-14,18H2,(H,27,31)(H,28,30). The lowest BCUT2D eigenvalue weighted by Gasteiger charge is -2.27. The lowest BCUT2D eigenvalue weighted by Crippen LogP contribution is -2.34. The van der Waals surface area contributed by atoms with Crippen molar-refractivity contribution in [3.8, 4) is 0 Å². The van der Waals surface area contributed by atoms with Gasteiger partial charge in [-0.15, -0.1) is 0 Å². The number of rotatable bonds is 7.